The maximum atomic E-state index is 13.5. The van der Waals surface area contributed by atoms with Crippen molar-refractivity contribution in [1.82, 2.24) is 9.97 Å². The van der Waals surface area contributed by atoms with E-state index in [-0.39, 0.29) is 23.9 Å². The first kappa shape index (κ1) is 14.5. The largest absolute Gasteiger partial charge is 0.360 e. The number of benzene rings is 1. The summed E-state index contributed by atoms with van der Waals surface area (Å²) in [6.45, 7) is -0.189. The predicted molar refractivity (Wildman–Crippen MR) is 70.2 cm³/mol. The molecule has 21 heavy (non-hydrogen) atoms. The lowest BCUT2D eigenvalue weighted by atomic mass is 10.2. The summed E-state index contributed by atoms with van der Waals surface area (Å²) in [6.07, 6.45) is 0.951. The van der Waals surface area contributed by atoms with E-state index in [4.69, 9.17) is 5.84 Å². The molecule has 0 fully saturated rings. The third-order valence-corrected chi connectivity index (χ3v) is 2.55. The van der Waals surface area contributed by atoms with Crippen molar-refractivity contribution in [2.75, 3.05) is 10.7 Å². The van der Waals surface area contributed by atoms with Gasteiger partial charge in [-0.3, -0.25) is 15.5 Å². The summed E-state index contributed by atoms with van der Waals surface area (Å²) in [6, 6.07) is 2.92. The summed E-state index contributed by atoms with van der Waals surface area (Å²) < 4.78 is 26.5. The zero-order valence-corrected chi connectivity index (χ0v) is 10.5. The molecule has 0 amide bonds. The van der Waals surface area contributed by atoms with E-state index < -0.39 is 22.2 Å². The molecule has 1 aromatic carbocycles. The summed E-state index contributed by atoms with van der Waals surface area (Å²) in [5, 5.41) is 13.4. The molecule has 0 aliphatic carbocycles. The van der Waals surface area contributed by atoms with Gasteiger partial charge < -0.3 is 5.32 Å². The molecule has 0 aliphatic rings. The molecule has 0 atom stereocenters. The minimum Gasteiger partial charge on any atom is -0.360 e. The molecule has 1 aromatic heterocycles. The molecule has 0 aliphatic heterocycles. The Morgan fingerprint density at radius 2 is 2.14 bits per heavy atom. The minimum atomic E-state index is -0.704. The Morgan fingerprint density at radius 3 is 2.81 bits per heavy atom. The average molecular weight is 296 g/mol. The fourth-order valence-electron chi connectivity index (χ4n) is 1.57. The van der Waals surface area contributed by atoms with E-state index in [1.165, 1.54) is 0 Å². The number of hydrazine groups is 1. The highest BCUT2D eigenvalue weighted by Crippen LogP contribution is 2.22. The molecule has 10 heteroatoms. The van der Waals surface area contributed by atoms with Crippen molar-refractivity contribution in [2.45, 2.75) is 6.54 Å². The third-order valence-electron chi connectivity index (χ3n) is 2.55. The molecule has 1 heterocycles. The van der Waals surface area contributed by atoms with Gasteiger partial charge in [0.05, 0.1) is 4.92 Å². The Balaban J connectivity index is 2.26. The van der Waals surface area contributed by atoms with Gasteiger partial charge in [-0.2, -0.15) is 4.98 Å². The molecule has 0 saturated heterocycles. The van der Waals surface area contributed by atoms with Crippen molar-refractivity contribution in [3.63, 3.8) is 0 Å². The van der Waals surface area contributed by atoms with Crippen LogP contribution >= 0.6 is 0 Å². The molecule has 4 N–H and O–H groups in total. The summed E-state index contributed by atoms with van der Waals surface area (Å²) in [4.78, 5) is 17.5. The molecule has 2 aromatic rings. The average Bonchev–Trinajstić information content (AvgIpc) is 2.47. The van der Waals surface area contributed by atoms with Crippen LogP contribution in [0, 0.1) is 21.7 Å². The Kier molecular flexibility index (Phi) is 4.18. The Hall–Kier alpha value is -2.88. The smallest absolute Gasteiger partial charge is 0.329 e. The number of hydrogen-bond donors (Lipinski definition) is 3. The van der Waals surface area contributed by atoms with E-state index in [2.05, 4.69) is 20.7 Å². The van der Waals surface area contributed by atoms with Gasteiger partial charge in [0.15, 0.2) is 0 Å². The highest BCUT2D eigenvalue weighted by molar-refractivity contribution is 5.57. The molecule has 8 nitrogen and oxygen atoms in total. The van der Waals surface area contributed by atoms with E-state index in [1.807, 2.05) is 0 Å². The van der Waals surface area contributed by atoms with Crippen LogP contribution in [0.2, 0.25) is 0 Å². The van der Waals surface area contributed by atoms with Gasteiger partial charge in [0.2, 0.25) is 11.8 Å². The lowest BCUT2D eigenvalue weighted by molar-refractivity contribution is -0.384. The predicted octanol–water partition coefficient (Wildman–Crippen LogP) is 1.56. The number of nitrogens with one attached hydrogen (secondary N) is 2. The summed E-state index contributed by atoms with van der Waals surface area (Å²) >= 11 is 0. The van der Waals surface area contributed by atoms with Gasteiger partial charge in [0.1, 0.15) is 17.8 Å². The number of nitrogens with zero attached hydrogens (tertiary/aromatic N) is 3. The number of aromatic nitrogens is 2. The molecule has 0 bridgehead atoms. The summed E-state index contributed by atoms with van der Waals surface area (Å²) in [5.74, 6) is 3.64. The maximum absolute atomic E-state index is 13.5. The minimum absolute atomic E-state index is 0.00479. The first-order chi connectivity index (χ1) is 10.0. The van der Waals surface area contributed by atoms with E-state index in [9.17, 15) is 18.9 Å². The van der Waals surface area contributed by atoms with Gasteiger partial charge in [-0.05, 0) is 18.2 Å². The monoisotopic (exact) mass is 296 g/mol. The molecule has 0 radical (unpaired) electrons. The number of halogens is 2. The van der Waals surface area contributed by atoms with Crippen LogP contribution in [0.1, 0.15) is 5.56 Å². The Bertz CT molecular complexity index is 682. The highest BCUT2D eigenvalue weighted by atomic mass is 19.1. The van der Waals surface area contributed by atoms with E-state index >= 15 is 0 Å². The summed E-state index contributed by atoms with van der Waals surface area (Å²) in [5.41, 5.74) is 1.73. The van der Waals surface area contributed by atoms with Crippen LogP contribution < -0.4 is 16.6 Å². The Morgan fingerprint density at radius 1 is 1.38 bits per heavy atom. The van der Waals surface area contributed by atoms with Gasteiger partial charge in [-0.15, -0.1) is 0 Å². The second-order valence-electron chi connectivity index (χ2n) is 3.92. The molecule has 0 unspecified atom stereocenters. The zero-order valence-electron chi connectivity index (χ0n) is 10.5. The molecular formula is C11H10F2N6O2. The van der Waals surface area contributed by atoms with Gasteiger partial charge in [-0.25, -0.2) is 19.6 Å². The first-order valence-electron chi connectivity index (χ1n) is 5.67. The van der Waals surface area contributed by atoms with Crippen LogP contribution in [-0.2, 0) is 6.54 Å². The second kappa shape index (κ2) is 6.05. The standard InChI is InChI=1S/C11H10F2N6O2/c12-7-1-2-8(13)6(3-7)4-15-10-9(19(20)21)5-16-11(17-10)18-14/h1-3,5H,4,14H2,(H2,15,16,17,18). The fraction of sp³-hybridized carbons (Fsp3) is 0.0909. The van der Waals surface area contributed by atoms with Gasteiger partial charge >= 0.3 is 5.69 Å². The van der Waals surface area contributed by atoms with Crippen molar-refractivity contribution in [3.05, 3.63) is 51.7 Å². The normalized spacial score (nSPS) is 10.2. The van der Waals surface area contributed by atoms with Gasteiger partial charge in [0, 0.05) is 12.1 Å². The lowest BCUT2D eigenvalue weighted by Gasteiger charge is -2.08. The van der Waals surface area contributed by atoms with Crippen LogP contribution in [0.5, 0.6) is 0 Å². The zero-order chi connectivity index (χ0) is 15.4. The van der Waals surface area contributed by atoms with Crippen molar-refractivity contribution >= 4 is 17.5 Å². The van der Waals surface area contributed by atoms with Crippen LogP contribution in [-0.4, -0.2) is 14.9 Å². The van der Waals surface area contributed by atoms with E-state index in [0.29, 0.717) is 0 Å². The van der Waals surface area contributed by atoms with Gasteiger partial charge in [0.25, 0.3) is 0 Å². The van der Waals surface area contributed by atoms with Crippen molar-refractivity contribution in [2.24, 2.45) is 5.84 Å². The third kappa shape index (κ3) is 3.36. The van der Waals surface area contributed by atoms with E-state index in [1.54, 1.807) is 0 Å². The fourth-order valence-corrected chi connectivity index (χ4v) is 1.57. The van der Waals surface area contributed by atoms with Crippen LogP contribution in [0.25, 0.3) is 0 Å². The van der Waals surface area contributed by atoms with Crippen LogP contribution in [0.15, 0.2) is 24.4 Å². The first-order valence-corrected chi connectivity index (χ1v) is 5.67. The van der Waals surface area contributed by atoms with Crippen molar-refractivity contribution in [1.29, 1.82) is 0 Å². The number of anilines is 2. The Labute approximate surface area is 117 Å². The maximum Gasteiger partial charge on any atom is 0.329 e. The van der Waals surface area contributed by atoms with E-state index in [0.717, 1.165) is 24.4 Å². The highest BCUT2D eigenvalue weighted by Gasteiger charge is 2.17. The van der Waals surface area contributed by atoms with Crippen molar-refractivity contribution < 1.29 is 13.7 Å². The molecule has 0 saturated carbocycles. The van der Waals surface area contributed by atoms with Gasteiger partial charge in [-0.1, -0.05) is 0 Å². The SMILES string of the molecule is NNc1ncc([N+](=O)[O-])c(NCc2cc(F)ccc2F)n1. The number of hydrogen-bond acceptors (Lipinski definition) is 7. The molecule has 0 spiro atoms. The summed E-state index contributed by atoms with van der Waals surface area (Å²) in [7, 11) is 0. The molecule has 110 valence electrons. The quantitative estimate of drug-likeness (QED) is 0.435. The lowest BCUT2D eigenvalue weighted by Crippen LogP contribution is -2.13. The second-order valence-corrected chi connectivity index (χ2v) is 3.92. The topological polar surface area (TPSA) is 119 Å². The van der Waals surface area contributed by atoms with Crippen LogP contribution in [0.3, 0.4) is 0 Å². The number of nitrogen functional groups attached to an aromatic ring is 1. The number of nitrogens with two attached hydrogens (primary N) is 1. The number of nitro groups is 1. The number of rotatable bonds is 5. The van der Waals surface area contributed by atoms with Crippen molar-refractivity contribution in [3.8, 4) is 0 Å². The van der Waals surface area contributed by atoms with Crippen LogP contribution in [0.4, 0.5) is 26.2 Å². The molecular weight excluding hydrogens is 286 g/mol. The molecule has 2 rings (SSSR count).